The van der Waals surface area contributed by atoms with E-state index in [1.165, 1.54) is 12.1 Å². The lowest BCUT2D eigenvalue weighted by atomic mass is 9.80. The second kappa shape index (κ2) is 4.74. The summed E-state index contributed by atoms with van der Waals surface area (Å²) in [6.45, 7) is 3.57. The molecule has 1 fully saturated rings. The van der Waals surface area contributed by atoms with Gasteiger partial charge in [-0.15, -0.1) is 0 Å². The van der Waals surface area contributed by atoms with Gasteiger partial charge in [-0.2, -0.15) is 18.4 Å². The van der Waals surface area contributed by atoms with Gasteiger partial charge in [0.15, 0.2) is 0 Å². The molecule has 0 amide bonds. The smallest absolute Gasteiger partial charge is 0.417 e. The Morgan fingerprint density at radius 2 is 1.65 bits per heavy atom. The number of hydrogen-bond acceptors (Lipinski definition) is 4. The van der Waals surface area contributed by atoms with Crippen molar-refractivity contribution in [2.75, 3.05) is 0 Å². The lowest BCUT2D eigenvalue weighted by molar-refractivity contribution is -0.137. The van der Waals surface area contributed by atoms with Crippen LogP contribution in [0.2, 0.25) is 0 Å². The quantitative estimate of drug-likeness (QED) is 0.801. The summed E-state index contributed by atoms with van der Waals surface area (Å²) in [5.41, 5.74) is -2.51. The zero-order valence-electron chi connectivity index (χ0n) is 14.0. The SMILES string of the molecule is CC12CCC(C)(O1)c1c2c(O)n(-c2ccc(C#N)c(C(F)(F)F)c2)c1O. The van der Waals surface area contributed by atoms with E-state index in [2.05, 4.69) is 0 Å². The number of halogens is 3. The molecule has 2 N–H and O–H groups in total. The highest BCUT2D eigenvalue weighted by Gasteiger charge is 2.59. The van der Waals surface area contributed by atoms with Crippen LogP contribution in [0.4, 0.5) is 13.2 Å². The standard InChI is InChI=1S/C18H15F3N2O3/c1-16-5-6-17(2,26-16)13-12(16)14(24)23(15(13)25)10-4-3-9(8-22)11(7-10)18(19,20)21/h3-4,7,24-25H,5-6H2,1-2H3. The zero-order valence-corrected chi connectivity index (χ0v) is 14.0. The van der Waals surface area contributed by atoms with E-state index in [9.17, 15) is 23.4 Å². The number of rotatable bonds is 1. The minimum absolute atomic E-state index is 0.0766. The highest BCUT2D eigenvalue weighted by atomic mass is 19.4. The van der Waals surface area contributed by atoms with Crippen LogP contribution in [-0.2, 0) is 22.1 Å². The summed E-state index contributed by atoms with van der Waals surface area (Å²) in [6.07, 6.45) is -3.47. The zero-order chi connectivity index (χ0) is 19.1. The van der Waals surface area contributed by atoms with E-state index in [1.54, 1.807) is 13.8 Å². The molecule has 5 nitrogen and oxygen atoms in total. The van der Waals surface area contributed by atoms with E-state index in [0.717, 1.165) is 16.7 Å². The Hall–Kier alpha value is -2.66. The van der Waals surface area contributed by atoms with Gasteiger partial charge in [-0.25, -0.2) is 0 Å². The molecule has 1 aromatic carbocycles. The molecule has 0 radical (unpaired) electrons. The second-order valence-electron chi connectivity index (χ2n) is 7.14. The minimum Gasteiger partial charge on any atom is -0.494 e. The fourth-order valence-electron chi connectivity index (χ4n) is 4.23. The Morgan fingerprint density at radius 1 is 1.12 bits per heavy atom. The minimum atomic E-state index is -4.73. The number of ether oxygens (including phenoxy) is 1. The van der Waals surface area contributed by atoms with Crippen molar-refractivity contribution in [2.24, 2.45) is 0 Å². The Labute approximate surface area is 146 Å². The van der Waals surface area contributed by atoms with Gasteiger partial charge in [-0.3, -0.25) is 4.57 Å². The van der Waals surface area contributed by atoms with Gasteiger partial charge in [0.25, 0.3) is 0 Å². The van der Waals surface area contributed by atoms with E-state index >= 15 is 0 Å². The Morgan fingerprint density at radius 3 is 2.12 bits per heavy atom. The first kappa shape index (κ1) is 16.8. The summed E-state index contributed by atoms with van der Waals surface area (Å²) >= 11 is 0. The van der Waals surface area contributed by atoms with Gasteiger partial charge in [-0.1, -0.05) is 0 Å². The molecule has 3 heterocycles. The molecule has 2 bridgehead atoms. The van der Waals surface area contributed by atoms with Crippen molar-refractivity contribution in [3.8, 4) is 23.5 Å². The molecule has 1 saturated heterocycles. The molecule has 0 spiro atoms. The van der Waals surface area contributed by atoms with Crippen molar-refractivity contribution in [1.29, 1.82) is 5.26 Å². The molecule has 1 aromatic heterocycles. The molecule has 2 aliphatic rings. The molecule has 0 saturated carbocycles. The van der Waals surface area contributed by atoms with Gasteiger partial charge in [-0.05, 0) is 44.9 Å². The lowest BCUT2D eigenvalue weighted by Crippen LogP contribution is -2.17. The van der Waals surface area contributed by atoms with Crippen LogP contribution in [0, 0.1) is 11.3 Å². The van der Waals surface area contributed by atoms with Gasteiger partial charge in [0, 0.05) is 0 Å². The van der Waals surface area contributed by atoms with E-state index < -0.39 is 28.5 Å². The van der Waals surface area contributed by atoms with Crippen molar-refractivity contribution >= 4 is 0 Å². The van der Waals surface area contributed by atoms with E-state index in [4.69, 9.17) is 10.00 Å². The summed E-state index contributed by atoms with van der Waals surface area (Å²) in [5, 5.41) is 30.3. The molecule has 2 atom stereocenters. The number of nitriles is 1. The first-order valence-corrected chi connectivity index (χ1v) is 8.01. The molecule has 8 heteroatoms. The lowest BCUT2D eigenvalue weighted by Gasteiger charge is -2.21. The molecule has 0 aliphatic carbocycles. The van der Waals surface area contributed by atoms with Gasteiger partial charge in [0.05, 0.1) is 45.2 Å². The maximum atomic E-state index is 13.2. The maximum Gasteiger partial charge on any atom is 0.417 e. The summed E-state index contributed by atoms with van der Waals surface area (Å²) in [5.74, 6) is -0.692. The average molecular weight is 364 g/mol. The first-order valence-electron chi connectivity index (χ1n) is 8.01. The van der Waals surface area contributed by atoms with Crippen LogP contribution >= 0.6 is 0 Å². The third-order valence-corrected chi connectivity index (χ3v) is 5.40. The van der Waals surface area contributed by atoms with Crippen LogP contribution in [0.5, 0.6) is 11.8 Å². The van der Waals surface area contributed by atoms with Crippen LogP contribution < -0.4 is 0 Å². The van der Waals surface area contributed by atoms with Gasteiger partial charge in [0.1, 0.15) is 0 Å². The fourth-order valence-corrected chi connectivity index (χ4v) is 4.23. The summed E-state index contributed by atoms with van der Waals surface area (Å²) in [6, 6.07) is 4.55. The van der Waals surface area contributed by atoms with Crippen LogP contribution in [0.3, 0.4) is 0 Å². The highest BCUT2D eigenvalue weighted by molar-refractivity contribution is 5.61. The van der Waals surface area contributed by atoms with Crippen molar-refractivity contribution in [3.05, 3.63) is 40.5 Å². The van der Waals surface area contributed by atoms with Gasteiger partial charge >= 0.3 is 6.18 Å². The number of nitrogens with zero attached hydrogens (tertiary/aromatic N) is 2. The monoisotopic (exact) mass is 364 g/mol. The molecule has 2 aromatic rings. The van der Waals surface area contributed by atoms with Crippen molar-refractivity contribution in [3.63, 3.8) is 0 Å². The van der Waals surface area contributed by atoms with E-state index in [0.29, 0.717) is 24.0 Å². The van der Waals surface area contributed by atoms with Crippen molar-refractivity contribution < 1.29 is 28.1 Å². The van der Waals surface area contributed by atoms with Crippen molar-refractivity contribution in [1.82, 2.24) is 4.57 Å². The average Bonchev–Trinajstić information content (AvgIpc) is 3.10. The number of aromatic nitrogens is 1. The molecular formula is C18H15F3N2O3. The first-order chi connectivity index (χ1) is 12.0. The van der Waals surface area contributed by atoms with E-state index in [1.807, 2.05) is 0 Å². The highest BCUT2D eigenvalue weighted by Crippen LogP contribution is 2.64. The van der Waals surface area contributed by atoms with Crippen molar-refractivity contribution in [2.45, 2.75) is 44.1 Å². The van der Waals surface area contributed by atoms with Crippen LogP contribution in [0.1, 0.15) is 48.9 Å². The third-order valence-electron chi connectivity index (χ3n) is 5.40. The van der Waals surface area contributed by atoms with Crippen LogP contribution in [0.25, 0.3) is 5.69 Å². The van der Waals surface area contributed by atoms with E-state index in [-0.39, 0.29) is 17.4 Å². The third kappa shape index (κ3) is 1.95. The number of aromatic hydroxyl groups is 2. The normalized spacial score (nSPS) is 26.8. The Balaban J connectivity index is 1.97. The second-order valence-corrected chi connectivity index (χ2v) is 7.14. The topological polar surface area (TPSA) is 78.4 Å². The van der Waals surface area contributed by atoms with Gasteiger partial charge < -0.3 is 14.9 Å². The summed E-state index contributed by atoms with van der Waals surface area (Å²) < 4.78 is 46.7. The predicted molar refractivity (Wildman–Crippen MR) is 83.8 cm³/mol. The molecule has 2 aliphatic heterocycles. The number of fused-ring (bicyclic) bond motifs is 5. The van der Waals surface area contributed by atoms with Crippen LogP contribution in [0.15, 0.2) is 18.2 Å². The summed E-state index contributed by atoms with van der Waals surface area (Å²) in [7, 11) is 0. The largest absolute Gasteiger partial charge is 0.494 e. The van der Waals surface area contributed by atoms with Crippen LogP contribution in [-0.4, -0.2) is 14.8 Å². The molecule has 2 unspecified atom stereocenters. The molecule has 26 heavy (non-hydrogen) atoms. The Bertz CT molecular complexity index is 950. The molecular weight excluding hydrogens is 349 g/mol. The molecule has 4 rings (SSSR count). The summed E-state index contributed by atoms with van der Waals surface area (Å²) in [4.78, 5) is 0. The molecule has 136 valence electrons. The number of benzene rings is 1. The Kier molecular flexibility index (Phi) is 3.06. The number of hydrogen-bond donors (Lipinski definition) is 2. The fraction of sp³-hybridized carbons (Fsp3) is 0.389. The predicted octanol–water partition coefficient (Wildman–Crippen LogP) is 4.03. The van der Waals surface area contributed by atoms with Gasteiger partial charge in [0.2, 0.25) is 11.8 Å². The number of alkyl halides is 3. The maximum absolute atomic E-state index is 13.2.